The van der Waals surface area contributed by atoms with Crippen LogP contribution in [0.1, 0.15) is 33.2 Å². The molecule has 1 atom stereocenters. The number of amides is 5. The Hall–Kier alpha value is -5.49. The van der Waals surface area contributed by atoms with Crippen LogP contribution in [-0.2, 0) is 11.0 Å². The van der Waals surface area contributed by atoms with Crippen molar-refractivity contribution in [2.75, 3.05) is 54.9 Å². The van der Waals surface area contributed by atoms with Crippen LogP contribution in [0.2, 0.25) is 0 Å². The summed E-state index contributed by atoms with van der Waals surface area (Å²) in [4.78, 5) is 61.1. The highest BCUT2D eigenvalue weighted by Crippen LogP contribution is 2.39. The van der Waals surface area contributed by atoms with Crippen LogP contribution < -0.4 is 15.1 Å². The van der Waals surface area contributed by atoms with Crippen molar-refractivity contribution in [1.82, 2.24) is 9.80 Å². The molecule has 9 nitrogen and oxygen atoms in total. The van der Waals surface area contributed by atoms with Crippen molar-refractivity contribution in [2.24, 2.45) is 5.92 Å². The number of halogens is 3. The van der Waals surface area contributed by atoms with Gasteiger partial charge in [-0.1, -0.05) is 55.5 Å². The van der Waals surface area contributed by atoms with E-state index in [4.69, 9.17) is 0 Å². The summed E-state index contributed by atoms with van der Waals surface area (Å²) < 4.78 is 41.3. The summed E-state index contributed by atoms with van der Waals surface area (Å²) in [5.41, 5.74) is 0.546. The molecule has 4 aromatic carbocycles. The largest absolute Gasteiger partial charge is 0.417 e. The quantitative estimate of drug-likeness (QED) is 0.264. The zero-order valence-corrected chi connectivity index (χ0v) is 26.9. The molecular formula is C37H34F3N5O4. The Balaban J connectivity index is 1.24. The van der Waals surface area contributed by atoms with Gasteiger partial charge in [0, 0.05) is 49.5 Å². The molecule has 1 fully saturated rings. The van der Waals surface area contributed by atoms with Crippen molar-refractivity contribution in [3.8, 4) is 11.1 Å². The third kappa shape index (κ3) is 6.77. The lowest BCUT2D eigenvalue weighted by Crippen LogP contribution is -2.54. The first kappa shape index (κ1) is 33.4. The number of carbonyl (C=O) groups excluding carboxylic acids is 4. The summed E-state index contributed by atoms with van der Waals surface area (Å²) in [6.45, 7) is 4.05. The molecule has 1 N–H and O–H groups in total. The maximum atomic E-state index is 14.0. The van der Waals surface area contributed by atoms with Crippen LogP contribution in [0.15, 0.2) is 97.1 Å². The van der Waals surface area contributed by atoms with Crippen LogP contribution in [0.25, 0.3) is 11.1 Å². The zero-order chi connectivity index (χ0) is 34.9. The number of nitrogens with one attached hydrogen (secondary N) is 1. The fourth-order valence-corrected chi connectivity index (χ4v) is 6.13. The number of likely N-dealkylation sites (N-methyl/N-ethyl adjacent to an activating group) is 1. The number of piperazine rings is 1. The fraction of sp³-hybridized carbons (Fsp3) is 0.243. The Kier molecular flexibility index (Phi) is 9.24. The molecule has 5 amide bonds. The minimum absolute atomic E-state index is 0.0376. The third-order valence-electron chi connectivity index (χ3n) is 8.81. The van der Waals surface area contributed by atoms with Crippen LogP contribution >= 0.6 is 0 Å². The van der Waals surface area contributed by atoms with E-state index in [9.17, 15) is 32.3 Å². The van der Waals surface area contributed by atoms with Gasteiger partial charge in [-0.25, -0.2) is 9.69 Å². The van der Waals surface area contributed by atoms with Crippen molar-refractivity contribution >= 4 is 40.8 Å². The first-order chi connectivity index (χ1) is 23.4. The number of urea groups is 1. The number of imide groups is 1. The van der Waals surface area contributed by atoms with E-state index in [-0.39, 0.29) is 28.8 Å². The number of rotatable bonds is 4. The standard InChI is InChI=1S/C37H34F3N5O4/c1-24-23-44(31-13-7-8-14-32(31)45(34(24)47)36(49)43-21-19-42(2)20-22-43)35(48)25-15-17-26(18-16-25)41-33(46)29-11-4-3-9-27(29)28-10-5-6-12-30(28)37(38,39)40/h3-18,24H,19-23H2,1-2H3,(H,41,46). The van der Waals surface area contributed by atoms with Crippen LogP contribution in [0, 0.1) is 5.92 Å². The number of alkyl halides is 3. The molecular weight excluding hydrogens is 635 g/mol. The Morgan fingerprint density at radius 1 is 0.755 bits per heavy atom. The van der Waals surface area contributed by atoms with Gasteiger partial charge >= 0.3 is 12.2 Å². The number of nitrogens with zero attached hydrogens (tertiary/aromatic N) is 4. The van der Waals surface area contributed by atoms with E-state index in [1.807, 2.05) is 7.05 Å². The molecule has 2 aliphatic heterocycles. The van der Waals surface area contributed by atoms with Gasteiger partial charge in [0.25, 0.3) is 11.8 Å². The molecule has 0 radical (unpaired) electrons. The van der Waals surface area contributed by atoms with Crippen molar-refractivity contribution in [3.63, 3.8) is 0 Å². The van der Waals surface area contributed by atoms with Gasteiger partial charge in [-0.2, -0.15) is 13.2 Å². The second-order valence-corrected chi connectivity index (χ2v) is 12.2. The summed E-state index contributed by atoms with van der Waals surface area (Å²) in [7, 11) is 1.97. The van der Waals surface area contributed by atoms with E-state index in [1.54, 1.807) is 48.2 Å². The van der Waals surface area contributed by atoms with Gasteiger partial charge in [0.15, 0.2) is 0 Å². The van der Waals surface area contributed by atoms with Gasteiger partial charge < -0.3 is 20.0 Å². The summed E-state index contributed by atoms with van der Waals surface area (Å²) in [6.07, 6.45) is -4.61. The van der Waals surface area contributed by atoms with Crippen molar-refractivity contribution in [1.29, 1.82) is 0 Å². The predicted octanol–water partition coefficient (Wildman–Crippen LogP) is 6.62. The van der Waals surface area contributed by atoms with Crippen molar-refractivity contribution < 1.29 is 32.3 Å². The molecule has 0 aliphatic carbocycles. The summed E-state index contributed by atoms with van der Waals surface area (Å²) in [5.74, 6) is -2.12. The lowest BCUT2D eigenvalue weighted by Gasteiger charge is -2.35. The number of hydrogen-bond acceptors (Lipinski definition) is 5. The maximum Gasteiger partial charge on any atom is 0.417 e. The summed E-state index contributed by atoms with van der Waals surface area (Å²) in [6, 6.07) is 23.6. The number of carbonyl (C=O) groups is 4. The van der Waals surface area contributed by atoms with E-state index < -0.39 is 41.4 Å². The average molecular weight is 670 g/mol. The van der Waals surface area contributed by atoms with Gasteiger partial charge in [-0.15, -0.1) is 0 Å². The molecule has 1 saturated heterocycles. The first-order valence-corrected chi connectivity index (χ1v) is 15.8. The monoisotopic (exact) mass is 669 g/mol. The molecule has 0 aromatic heterocycles. The van der Waals surface area contributed by atoms with Crippen molar-refractivity contribution in [2.45, 2.75) is 13.1 Å². The number of para-hydroxylation sites is 2. The Morgan fingerprint density at radius 2 is 1.35 bits per heavy atom. The molecule has 2 heterocycles. The fourth-order valence-electron chi connectivity index (χ4n) is 6.13. The van der Waals surface area contributed by atoms with Crippen molar-refractivity contribution in [3.05, 3.63) is 114 Å². The lowest BCUT2D eigenvalue weighted by molar-refractivity contribution is -0.137. The predicted molar refractivity (Wildman–Crippen MR) is 181 cm³/mol. The highest BCUT2D eigenvalue weighted by atomic mass is 19.4. The number of anilines is 3. The van der Waals surface area contributed by atoms with Crippen LogP contribution in [0.4, 0.5) is 35.0 Å². The average Bonchev–Trinajstić information content (AvgIpc) is 3.21. The number of benzene rings is 4. The van der Waals surface area contributed by atoms with Gasteiger partial charge in [0.05, 0.1) is 22.9 Å². The number of fused-ring (bicyclic) bond motifs is 1. The third-order valence-corrected chi connectivity index (χ3v) is 8.81. The minimum atomic E-state index is -4.61. The number of hydrogen-bond donors (Lipinski definition) is 1. The van der Waals surface area contributed by atoms with E-state index in [0.29, 0.717) is 43.2 Å². The molecule has 0 spiro atoms. The molecule has 4 aromatic rings. The topological polar surface area (TPSA) is 93.3 Å². The smallest absolute Gasteiger partial charge is 0.322 e. The van der Waals surface area contributed by atoms with E-state index in [0.717, 1.165) is 6.07 Å². The minimum Gasteiger partial charge on any atom is -0.322 e. The molecule has 6 rings (SSSR count). The van der Waals surface area contributed by atoms with Gasteiger partial charge in [-0.05, 0) is 66.7 Å². The molecule has 1 unspecified atom stereocenters. The Bertz CT molecular complexity index is 1900. The normalized spacial score (nSPS) is 17.0. The van der Waals surface area contributed by atoms with Crippen LogP contribution in [-0.4, -0.2) is 73.3 Å². The first-order valence-electron chi connectivity index (χ1n) is 15.8. The van der Waals surface area contributed by atoms with E-state index >= 15 is 0 Å². The van der Waals surface area contributed by atoms with E-state index in [2.05, 4.69) is 10.2 Å². The zero-order valence-electron chi connectivity index (χ0n) is 26.9. The SMILES string of the molecule is CC1CN(C(=O)c2ccc(NC(=O)c3ccccc3-c3ccccc3C(F)(F)F)cc2)c2ccccc2N(C(=O)N2CCN(C)CC2)C1=O. The molecule has 0 saturated carbocycles. The van der Waals surface area contributed by atoms with E-state index in [1.165, 1.54) is 64.4 Å². The highest BCUT2D eigenvalue weighted by Gasteiger charge is 2.39. The molecule has 2 aliphatic rings. The second kappa shape index (κ2) is 13.6. The highest BCUT2D eigenvalue weighted by molar-refractivity contribution is 6.20. The summed E-state index contributed by atoms with van der Waals surface area (Å²) in [5, 5.41) is 2.72. The lowest BCUT2D eigenvalue weighted by atomic mass is 9.94. The molecule has 49 heavy (non-hydrogen) atoms. The van der Waals surface area contributed by atoms with Gasteiger partial charge in [0.2, 0.25) is 5.91 Å². The van der Waals surface area contributed by atoms with Gasteiger partial charge in [0.1, 0.15) is 0 Å². The Morgan fingerprint density at radius 3 is 2.02 bits per heavy atom. The molecule has 0 bridgehead atoms. The Labute approximate surface area is 281 Å². The molecule has 252 valence electrons. The van der Waals surface area contributed by atoms with Crippen LogP contribution in [0.3, 0.4) is 0 Å². The maximum absolute atomic E-state index is 14.0. The van der Waals surface area contributed by atoms with Crippen LogP contribution in [0.5, 0.6) is 0 Å². The molecule has 12 heteroatoms. The summed E-state index contributed by atoms with van der Waals surface area (Å²) >= 11 is 0. The second-order valence-electron chi connectivity index (χ2n) is 12.2. The van der Waals surface area contributed by atoms with Gasteiger partial charge in [-0.3, -0.25) is 14.4 Å².